The fraction of sp³-hybridized carbons (Fsp3) is 0.500. The number of anilines is 2. The molecule has 1 fully saturated rings. The zero-order valence-corrected chi connectivity index (χ0v) is 17.5. The summed E-state index contributed by atoms with van der Waals surface area (Å²) in [6.45, 7) is 13.4. The summed E-state index contributed by atoms with van der Waals surface area (Å²) in [5.41, 5.74) is 3.73. The molecule has 27 heavy (non-hydrogen) atoms. The standard InChI is InChI=1S/C20H28N4O2.ClH/c1-14-7-6-8-16(15(14)2)23-9-11-24(12-10-23)19(25)21-18-13-17(26-22-18)20(3,4)5;/h6-8,13H,9-12H2,1-5H3,(H,21,22,25);1H. The first-order valence-corrected chi connectivity index (χ1v) is 9.10. The molecule has 0 aliphatic carbocycles. The van der Waals surface area contributed by atoms with E-state index in [0.717, 1.165) is 18.8 Å². The molecule has 6 nitrogen and oxygen atoms in total. The van der Waals surface area contributed by atoms with Crippen LogP contribution in [0, 0.1) is 13.8 Å². The molecule has 0 bridgehead atoms. The molecule has 0 atom stereocenters. The molecule has 1 aromatic carbocycles. The van der Waals surface area contributed by atoms with Crippen LogP contribution in [0.1, 0.15) is 37.7 Å². The zero-order chi connectivity index (χ0) is 18.9. The Labute approximate surface area is 167 Å². The van der Waals surface area contributed by atoms with Gasteiger partial charge in [0.2, 0.25) is 0 Å². The van der Waals surface area contributed by atoms with Crippen molar-refractivity contribution in [1.29, 1.82) is 0 Å². The molecule has 2 amide bonds. The summed E-state index contributed by atoms with van der Waals surface area (Å²) in [6, 6.07) is 8.05. The van der Waals surface area contributed by atoms with Crippen LogP contribution in [0.5, 0.6) is 0 Å². The molecular weight excluding hydrogens is 364 g/mol. The van der Waals surface area contributed by atoms with Gasteiger partial charge in [-0.1, -0.05) is 38.1 Å². The van der Waals surface area contributed by atoms with E-state index in [1.165, 1.54) is 16.8 Å². The average molecular weight is 393 g/mol. The number of aromatic nitrogens is 1. The molecule has 0 unspecified atom stereocenters. The summed E-state index contributed by atoms with van der Waals surface area (Å²) in [7, 11) is 0. The minimum absolute atomic E-state index is 0. The normalized spacial score (nSPS) is 14.7. The number of nitrogens with zero attached hydrogens (tertiary/aromatic N) is 3. The van der Waals surface area contributed by atoms with Crippen molar-refractivity contribution in [3.8, 4) is 0 Å². The topological polar surface area (TPSA) is 61.6 Å². The maximum atomic E-state index is 12.5. The fourth-order valence-corrected chi connectivity index (χ4v) is 3.10. The second-order valence-electron chi connectivity index (χ2n) is 7.95. The van der Waals surface area contributed by atoms with Crippen LogP contribution in [0.4, 0.5) is 16.3 Å². The summed E-state index contributed by atoms with van der Waals surface area (Å²) in [6.07, 6.45) is 0. The van der Waals surface area contributed by atoms with Gasteiger partial charge in [-0.3, -0.25) is 5.32 Å². The molecule has 3 rings (SSSR count). The van der Waals surface area contributed by atoms with Crippen LogP contribution in [-0.4, -0.2) is 42.3 Å². The van der Waals surface area contributed by atoms with E-state index in [-0.39, 0.29) is 23.9 Å². The molecule has 1 saturated heterocycles. The van der Waals surface area contributed by atoms with Gasteiger partial charge in [0.1, 0.15) is 5.76 Å². The molecule has 1 N–H and O–H groups in total. The predicted octanol–water partition coefficient (Wildman–Crippen LogP) is 4.36. The van der Waals surface area contributed by atoms with Gasteiger partial charge in [0.05, 0.1) is 0 Å². The molecule has 2 aromatic rings. The summed E-state index contributed by atoms with van der Waals surface area (Å²) in [4.78, 5) is 16.7. The third-order valence-corrected chi connectivity index (χ3v) is 4.97. The van der Waals surface area contributed by atoms with Crippen molar-refractivity contribution in [2.75, 3.05) is 36.4 Å². The number of benzene rings is 1. The van der Waals surface area contributed by atoms with E-state index in [0.29, 0.717) is 18.9 Å². The number of piperazine rings is 1. The number of nitrogens with one attached hydrogen (secondary N) is 1. The van der Waals surface area contributed by atoms with E-state index in [1.54, 1.807) is 6.07 Å². The Morgan fingerprint density at radius 3 is 2.41 bits per heavy atom. The minimum atomic E-state index is -0.132. The molecule has 148 valence electrons. The number of carbonyl (C=O) groups is 1. The Morgan fingerprint density at radius 1 is 1.15 bits per heavy atom. The Bertz CT molecular complexity index is 790. The van der Waals surface area contributed by atoms with Gasteiger partial charge in [-0.15, -0.1) is 12.4 Å². The SMILES string of the molecule is Cc1cccc(N2CCN(C(=O)Nc3cc(C(C)(C)C)on3)CC2)c1C.Cl. The van der Waals surface area contributed by atoms with Gasteiger partial charge in [-0.05, 0) is 31.0 Å². The number of hydrogen-bond acceptors (Lipinski definition) is 4. The second kappa shape index (κ2) is 8.21. The number of carbonyl (C=O) groups excluding carboxylic acids is 1. The molecule has 0 spiro atoms. The first-order valence-electron chi connectivity index (χ1n) is 9.10. The molecule has 0 radical (unpaired) electrons. The van der Waals surface area contributed by atoms with E-state index < -0.39 is 0 Å². The highest BCUT2D eigenvalue weighted by Crippen LogP contribution is 2.25. The largest absolute Gasteiger partial charge is 0.368 e. The van der Waals surface area contributed by atoms with Gasteiger partial charge >= 0.3 is 6.03 Å². The number of halogens is 1. The highest BCUT2D eigenvalue weighted by Gasteiger charge is 2.24. The Kier molecular flexibility index (Phi) is 6.42. The zero-order valence-electron chi connectivity index (χ0n) is 16.7. The van der Waals surface area contributed by atoms with Crippen LogP contribution in [0.25, 0.3) is 0 Å². The van der Waals surface area contributed by atoms with Gasteiger partial charge in [0.15, 0.2) is 5.82 Å². The van der Waals surface area contributed by atoms with Crippen molar-refractivity contribution in [3.63, 3.8) is 0 Å². The average Bonchev–Trinajstić information content (AvgIpc) is 3.06. The van der Waals surface area contributed by atoms with Gasteiger partial charge in [0.25, 0.3) is 0 Å². The molecule has 2 heterocycles. The summed E-state index contributed by atoms with van der Waals surface area (Å²) >= 11 is 0. The number of aryl methyl sites for hydroxylation is 1. The van der Waals surface area contributed by atoms with Gasteiger partial charge in [-0.25, -0.2) is 4.79 Å². The molecular formula is C20H29ClN4O2. The lowest BCUT2D eigenvalue weighted by Gasteiger charge is -2.36. The predicted molar refractivity (Wildman–Crippen MR) is 111 cm³/mol. The van der Waals surface area contributed by atoms with Crippen molar-refractivity contribution >= 4 is 29.9 Å². The van der Waals surface area contributed by atoms with Crippen LogP contribution >= 0.6 is 12.4 Å². The van der Waals surface area contributed by atoms with E-state index in [4.69, 9.17) is 4.52 Å². The quantitative estimate of drug-likeness (QED) is 0.824. The molecule has 7 heteroatoms. The lowest BCUT2D eigenvalue weighted by Crippen LogP contribution is -2.50. The Hall–Kier alpha value is -2.21. The van der Waals surface area contributed by atoms with E-state index in [1.807, 2.05) is 25.7 Å². The van der Waals surface area contributed by atoms with Crippen molar-refractivity contribution < 1.29 is 9.32 Å². The van der Waals surface area contributed by atoms with Crippen LogP contribution in [-0.2, 0) is 5.41 Å². The number of urea groups is 1. The van der Waals surface area contributed by atoms with E-state index in [2.05, 4.69) is 47.4 Å². The van der Waals surface area contributed by atoms with Crippen molar-refractivity contribution in [1.82, 2.24) is 10.1 Å². The first-order chi connectivity index (χ1) is 12.3. The van der Waals surface area contributed by atoms with Crippen molar-refractivity contribution in [2.45, 2.75) is 40.0 Å². The summed E-state index contributed by atoms with van der Waals surface area (Å²) in [5.74, 6) is 1.23. The first kappa shape index (κ1) is 21.1. The van der Waals surface area contributed by atoms with E-state index in [9.17, 15) is 4.79 Å². The number of amides is 2. The molecule has 1 aromatic heterocycles. The van der Waals surface area contributed by atoms with E-state index >= 15 is 0 Å². The van der Waals surface area contributed by atoms with Crippen LogP contribution in [0.3, 0.4) is 0 Å². The molecule has 0 saturated carbocycles. The van der Waals surface area contributed by atoms with Crippen LogP contribution in [0.15, 0.2) is 28.8 Å². The summed E-state index contributed by atoms with van der Waals surface area (Å²) in [5, 5.41) is 6.80. The van der Waals surface area contributed by atoms with Gasteiger partial charge in [-0.2, -0.15) is 0 Å². The third-order valence-electron chi connectivity index (χ3n) is 4.97. The number of rotatable bonds is 2. The van der Waals surface area contributed by atoms with Crippen LogP contribution in [0.2, 0.25) is 0 Å². The monoisotopic (exact) mass is 392 g/mol. The Balaban J connectivity index is 0.00000261. The summed E-state index contributed by atoms with van der Waals surface area (Å²) < 4.78 is 5.33. The maximum absolute atomic E-state index is 12.5. The van der Waals surface area contributed by atoms with Gasteiger partial charge in [0, 0.05) is 43.3 Å². The highest BCUT2D eigenvalue weighted by atomic mass is 35.5. The lowest BCUT2D eigenvalue weighted by molar-refractivity contribution is 0.208. The number of hydrogen-bond donors (Lipinski definition) is 1. The third kappa shape index (κ3) is 4.75. The van der Waals surface area contributed by atoms with Crippen molar-refractivity contribution in [3.05, 3.63) is 41.2 Å². The molecule has 1 aliphatic heterocycles. The van der Waals surface area contributed by atoms with Gasteiger partial charge < -0.3 is 14.3 Å². The highest BCUT2D eigenvalue weighted by molar-refractivity contribution is 5.88. The second-order valence-corrected chi connectivity index (χ2v) is 7.95. The minimum Gasteiger partial charge on any atom is -0.368 e. The molecule has 1 aliphatic rings. The van der Waals surface area contributed by atoms with Crippen molar-refractivity contribution in [2.24, 2.45) is 0 Å². The smallest absolute Gasteiger partial charge is 0.323 e. The fourth-order valence-electron chi connectivity index (χ4n) is 3.10. The lowest BCUT2D eigenvalue weighted by atomic mass is 9.93. The Morgan fingerprint density at radius 2 is 1.81 bits per heavy atom. The van der Waals surface area contributed by atoms with Crippen LogP contribution < -0.4 is 10.2 Å². The maximum Gasteiger partial charge on any atom is 0.323 e.